The summed E-state index contributed by atoms with van der Waals surface area (Å²) in [6.07, 6.45) is 7.67. The Balaban J connectivity index is 1.94. The van der Waals surface area contributed by atoms with Crippen molar-refractivity contribution in [3.63, 3.8) is 0 Å². The minimum atomic E-state index is 0.606. The Morgan fingerprint density at radius 1 is 1.17 bits per heavy atom. The van der Waals surface area contributed by atoms with Crippen LogP contribution in [0.3, 0.4) is 0 Å². The van der Waals surface area contributed by atoms with Crippen LogP contribution in [-0.4, -0.2) is 17.6 Å². The van der Waals surface area contributed by atoms with Crippen molar-refractivity contribution in [1.29, 1.82) is 0 Å². The van der Waals surface area contributed by atoms with Crippen LogP contribution in [0.5, 0.6) is 0 Å². The summed E-state index contributed by atoms with van der Waals surface area (Å²) in [6, 6.07) is 2.76. The van der Waals surface area contributed by atoms with Crippen LogP contribution in [0.1, 0.15) is 40.0 Å². The largest absolute Gasteiger partial charge is 0.384 e. The highest BCUT2D eigenvalue weighted by Crippen LogP contribution is 2.31. The normalized spacial score (nSPS) is 27.8. The molecule has 1 fully saturated rings. The Bertz CT molecular complexity index is 378. The fraction of sp³-hybridized carbons (Fsp3) is 0.667. The Morgan fingerprint density at radius 3 is 2.67 bits per heavy atom. The van der Waals surface area contributed by atoms with Crippen molar-refractivity contribution in [2.75, 3.05) is 17.2 Å². The monoisotopic (exact) mass is 247 g/mol. The summed E-state index contributed by atoms with van der Waals surface area (Å²) in [4.78, 5) is 4.28. The van der Waals surface area contributed by atoms with E-state index in [1.807, 2.05) is 12.4 Å². The zero-order chi connectivity index (χ0) is 13.0. The van der Waals surface area contributed by atoms with E-state index >= 15 is 0 Å². The van der Waals surface area contributed by atoms with Crippen molar-refractivity contribution >= 4 is 11.4 Å². The van der Waals surface area contributed by atoms with Gasteiger partial charge in [-0.2, -0.15) is 0 Å². The Labute approximate surface area is 110 Å². The lowest BCUT2D eigenvalue weighted by Gasteiger charge is -2.33. The van der Waals surface area contributed by atoms with Crippen molar-refractivity contribution in [3.8, 4) is 0 Å². The van der Waals surface area contributed by atoms with Gasteiger partial charge in [0.05, 0.1) is 23.8 Å². The fourth-order valence-electron chi connectivity index (χ4n) is 2.73. The molecule has 1 aliphatic rings. The average Bonchev–Trinajstić information content (AvgIpc) is 2.35. The summed E-state index contributed by atoms with van der Waals surface area (Å²) >= 11 is 0. The van der Waals surface area contributed by atoms with Crippen LogP contribution in [0.25, 0.3) is 0 Å². The third kappa shape index (κ3) is 3.37. The van der Waals surface area contributed by atoms with Crippen LogP contribution in [0.15, 0.2) is 18.5 Å². The number of aromatic nitrogens is 1. The van der Waals surface area contributed by atoms with Gasteiger partial charge in [-0.3, -0.25) is 4.98 Å². The van der Waals surface area contributed by atoms with Gasteiger partial charge in [-0.15, -0.1) is 0 Å². The third-order valence-electron chi connectivity index (χ3n) is 4.09. The van der Waals surface area contributed by atoms with E-state index in [9.17, 15) is 0 Å². The zero-order valence-corrected chi connectivity index (χ0v) is 11.7. The van der Waals surface area contributed by atoms with E-state index in [0.29, 0.717) is 6.04 Å². The van der Waals surface area contributed by atoms with Gasteiger partial charge in [0.15, 0.2) is 0 Å². The maximum Gasteiger partial charge on any atom is 0.0549 e. The van der Waals surface area contributed by atoms with Gasteiger partial charge in [0.2, 0.25) is 0 Å². The average molecular weight is 247 g/mol. The molecule has 2 N–H and O–H groups in total. The molecule has 0 bridgehead atoms. The molecule has 0 aromatic carbocycles. The molecule has 3 unspecified atom stereocenters. The van der Waals surface area contributed by atoms with Crippen LogP contribution in [0.4, 0.5) is 11.4 Å². The molecule has 0 radical (unpaired) electrons. The van der Waals surface area contributed by atoms with Gasteiger partial charge in [0, 0.05) is 12.6 Å². The standard InChI is InChI=1S/C15H25N3/c1-4-17-14-8-15(10-16-9-14)18-13-6-5-11(2)12(3)7-13/h8-13,17-18H,4-7H2,1-3H3. The van der Waals surface area contributed by atoms with Gasteiger partial charge in [0.1, 0.15) is 0 Å². The second-order valence-electron chi connectivity index (χ2n) is 5.60. The molecule has 3 nitrogen and oxygen atoms in total. The number of rotatable bonds is 4. The van der Waals surface area contributed by atoms with Crippen molar-refractivity contribution in [1.82, 2.24) is 4.98 Å². The second kappa shape index (κ2) is 6.07. The van der Waals surface area contributed by atoms with Crippen LogP contribution in [0.2, 0.25) is 0 Å². The van der Waals surface area contributed by atoms with Crippen LogP contribution >= 0.6 is 0 Å². The Kier molecular flexibility index (Phi) is 4.45. The molecule has 0 saturated heterocycles. The lowest BCUT2D eigenvalue weighted by atomic mass is 9.79. The molecule has 1 aromatic rings. The van der Waals surface area contributed by atoms with Gasteiger partial charge in [-0.25, -0.2) is 0 Å². The highest BCUT2D eigenvalue weighted by atomic mass is 15.0. The molecule has 3 atom stereocenters. The topological polar surface area (TPSA) is 37.0 Å². The van der Waals surface area contributed by atoms with Gasteiger partial charge < -0.3 is 10.6 Å². The number of hydrogen-bond donors (Lipinski definition) is 2. The van der Waals surface area contributed by atoms with Gasteiger partial charge in [0.25, 0.3) is 0 Å². The molecular formula is C15H25N3. The molecule has 1 heterocycles. The van der Waals surface area contributed by atoms with E-state index in [1.54, 1.807) is 0 Å². The molecular weight excluding hydrogens is 222 g/mol. The molecule has 1 saturated carbocycles. The Hall–Kier alpha value is -1.25. The molecule has 100 valence electrons. The SMILES string of the molecule is CCNc1cncc(NC2CCC(C)C(C)C2)c1. The first-order valence-corrected chi connectivity index (χ1v) is 7.14. The van der Waals surface area contributed by atoms with Crippen molar-refractivity contribution < 1.29 is 0 Å². The molecule has 2 rings (SSSR count). The minimum Gasteiger partial charge on any atom is -0.384 e. The molecule has 0 spiro atoms. The van der Waals surface area contributed by atoms with Gasteiger partial charge in [-0.1, -0.05) is 13.8 Å². The first-order valence-electron chi connectivity index (χ1n) is 7.14. The van der Waals surface area contributed by atoms with Crippen molar-refractivity contribution in [3.05, 3.63) is 18.5 Å². The fourth-order valence-corrected chi connectivity index (χ4v) is 2.73. The number of hydrogen-bond acceptors (Lipinski definition) is 3. The minimum absolute atomic E-state index is 0.606. The van der Waals surface area contributed by atoms with E-state index in [2.05, 4.69) is 42.5 Å². The number of nitrogens with zero attached hydrogens (tertiary/aromatic N) is 1. The number of nitrogens with one attached hydrogen (secondary N) is 2. The predicted octanol–water partition coefficient (Wildman–Crippen LogP) is 3.75. The van der Waals surface area contributed by atoms with E-state index in [1.165, 1.54) is 19.3 Å². The summed E-state index contributed by atoms with van der Waals surface area (Å²) in [6.45, 7) is 7.77. The summed E-state index contributed by atoms with van der Waals surface area (Å²) < 4.78 is 0. The highest BCUT2D eigenvalue weighted by Gasteiger charge is 2.24. The van der Waals surface area contributed by atoms with Crippen molar-refractivity contribution in [2.45, 2.75) is 46.1 Å². The molecule has 1 aromatic heterocycles. The van der Waals surface area contributed by atoms with E-state index in [-0.39, 0.29) is 0 Å². The second-order valence-corrected chi connectivity index (χ2v) is 5.60. The zero-order valence-electron chi connectivity index (χ0n) is 11.7. The van der Waals surface area contributed by atoms with Crippen LogP contribution in [0, 0.1) is 11.8 Å². The molecule has 0 aliphatic heterocycles. The number of anilines is 2. The van der Waals surface area contributed by atoms with E-state index in [4.69, 9.17) is 0 Å². The maximum atomic E-state index is 4.28. The Morgan fingerprint density at radius 2 is 1.94 bits per heavy atom. The first-order chi connectivity index (χ1) is 8.69. The van der Waals surface area contributed by atoms with E-state index in [0.717, 1.165) is 29.8 Å². The quantitative estimate of drug-likeness (QED) is 0.851. The lowest BCUT2D eigenvalue weighted by molar-refractivity contribution is 0.261. The summed E-state index contributed by atoms with van der Waals surface area (Å²) in [5.41, 5.74) is 2.24. The molecule has 18 heavy (non-hydrogen) atoms. The van der Waals surface area contributed by atoms with E-state index < -0.39 is 0 Å². The number of pyridine rings is 1. The smallest absolute Gasteiger partial charge is 0.0549 e. The van der Waals surface area contributed by atoms with Crippen LogP contribution < -0.4 is 10.6 Å². The van der Waals surface area contributed by atoms with Gasteiger partial charge >= 0.3 is 0 Å². The van der Waals surface area contributed by atoms with Crippen LogP contribution in [-0.2, 0) is 0 Å². The van der Waals surface area contributed by atoms with Gasteiger partial charge in [-0.05, 0) is 44.1 Å². The van der Waals surface area contributed by atoms with Crippen molar-refractivity contribution in [2.24, 2.45) is 11.8 Å². The predicted molar refractivity (Wildman–Crippen MR) is 78.0 cm³/mol. The summed E-state index contributed by atoms with van der Waals surface area (Å²) in [5.74, 6) is 1.69. The highest BCUT2D eigenvalue weighted by molar-refractivity contribution is 5.54. The molecule has 3 heteroatoms. The molecule has 0 amide bonds. The summed E-state index contributed by atoms with van der Waals surface area (Å²) in [5, 5.41) is 6.93. The third-order valence-corrected chi connectivity index (χ3v) is 4.09. The molecule has 1 aliphatic carbocycles. The summed E-state index contributed by atoms with van der Waals surface area (Å²) in [7, 11) is 0. The lowest BCUT2D eigenvalue weighted by Crippen LogP contribution is -2.30. The maximum absolute atomic E-state index is 4.28. The first kappa shape index (κ1) is 13.2.